The Hall–Kier alpha value is -1.94. The lowest BCUT2D eigenvalue weighted by atomic mass is 9.98. The number of nitrogens with two attached hydrogens (primary N) is 1. The minimum atomic E-state index is -0.959. The lowest BCUT2D eigenvalue weighted by molar-refractivity contribution is 0.219. The fraction of sp³-hybridized carbons (Fsp3) is 0.154. The summed E-state index contributed by atoms with van der Waals surface area (Å²) in [6.45, 7) is 1.81. The summed E-state index contributed by atoms with van der Waals surface area (Å²) in [4.78, 5) is 3.90. The van der Waals surface area contributed by atoms with Crippen molar-refractivity contribution in [3.8, 4) is 0 Å². The van der Waals surface area contributed by atoms with Crippen molar-refractivity contribution in [3.05, 3.63) is 59.0 Å². The van der Waals surface area contributed by atoms with E-state index in [2.05, 4.69) is 4.98 Å². The topological polar surface area (TPSA) is 59.1 Å². The highest BCUT2D eigenvalue weighted by Gasteiger charge is 2.16. The second-order valence-electron chi connectivity index (χ2n) is 3.88. The van der Waals surface area contributed by atoms with Crippen molar-refractivity contribution in [2.45, 2.75) is 13.0 Å². The zero-order valence-electron chi connectivity index (χ0n) is 9.39. The molecule has 88 valence electrons. The average molecular weight is 232 g/mol. The third kappa shape index (κ3) is 2.26. The molecule has 1 heterocycles. The van der Waals surface area contributed by atoms with E-state index in [4.69, 9.17) is 5.73 Å². The van der Waals surface area contributed by atoms with E-state index in [1.165, 1.54) is 12.1 Å². The third-order valence-electron chi connectivity index (χ3n) is 2.70. The standard InChI is InChI=1S/C13H13FN2O/c1-8-4-5-9(14)7-11(8)12(17)10-3-2-6-16-13(10)15/h2-7,12,17H,1H3,(H2,15,16). The van der Waals surface area contributed by atoms with Gasteiger partial charge in [-0.2, -0.15) is 0 Å². The van der Waals surface area contributed by atoms with Crippen LogP contribution in [0.3, 0.4) is 0 Å². The van der Waals surface area contributed by atoms with Gasteiger partial charge in [-0.1, -0.05) is 12.1 Å². The second-order valence-corrected chi connectivity index (χ2v) is 3.88. The largest absolute Gasteiger partial charge is 0.384 e. The summed E-state index contributed by atoms with van der Waals surface area (Å²) in [6, 6.07) is 7.66. The average Bonchev–Trinajstić information content (AvgIpc) is 2.32. The van der Waals surface area contributed by atoms with Crippen LogP contribution < -0.4 is 5.73 Å². The molecule has 1 aromatic heterocycles. The highest BCUT2D eigenvalue weighted by molar-refractivity contribution is 5.45. The molecule has 0 aliphatic heterocycles. The Kier molecular flexibility index (Phi) is 3.06. The minimum absolute atomic E-state index is 0.253. The first kappa shape index (κ1) is 11.5. The van der Waals surface area contributed by atoms with Crippen molar-refractivity contribution < 1.29 is 9.50 Å². The summed E-state index contributed by atoms with van der Waals surface area (Å²) < 4.78 is 13.2. The number of anilines is 1. The summed E-state index contributed by atoms with van der Waals surface area (Å²) in [5.74, 6) is -0.129. The number of rotatable bonds is 2. The normalized spacial score (nSPS) is 12.4. The summed E-state index contributed by atoms with van der Waals surface area (Å²) in [5.41, 5.74) is 7.48. The maximum absolute atomic E-state index is 13.2. The van der Waals surface area contributed by atoms with Crippen molar-refractivity contribution in [1.82, 2.24) is 4.98 Å². The number of aromatic nitrogens is 1. The quantitative estimate of drug-likeness (QED) is 0.834. The lowest BCUT2D eigenvalue weighted by Crippen LogP contribution is -2.07. The van der Waals surface area contributed by atoms with E-state index in [9.17, 15) is 9.50 Å². The van der Waals surface area contributed by atoms with Crippen LogP contribution in [0.1, 0.15) is 22.8 Å². The molecule has 1 atom stereocenters. The van der Waals surface area contributed by atoms with Gasteiger partial charge in [0.25, 0.3) is 0 Å². The van der Waals surface area contributed by atoms with Crippen molar-refractivity contribution in [1.29, 1.82) is 0 Å². The fourth-order valence-electron chi connectivity index (χ4n) is 1.73. The SMILES string of the molecule is Cc1ccc(F)cc1C(O)c1cccnc1N. The Morgan fingerprint density at radius 2 is 2.06 bits per heavy atom. The maximum Gasteiger partial charge on any atom is 0.129 e. The second kappa shape index (κ2) is 4.51. The number of aliphatic hydroxyl groups excluding tert-OH is 1. The summed E-state index contributed by atoms with van der Waals surface area (Å²) >= 11 is 0. The van der Waals surface area contributed by atoms with Gasteiger partial charge >= 0.3 is 0 Å². The predicted octanol–water partition coefficient (Wildman–Crippen LogP) is 2.19. The van der Waals surface area contributed by atoms with Gasteiger partial charge in [0.2, 0.25) is 0 Å². The van der Waals surface area contributed by atoms with E-state index in [1.807, 2.05) is 6.92 Å². The number of hydrogen-bond acceptors (Lipinski definition) is 3. The molecule has 0 bridgehead atoms. The molecular weight excluding hydrogens is 219 g/mol. The van der Waals surface area contributed by atoms with Gasteiger partial charge in [-0.3, -0.25) is 0 Å². The third-order valence-corrected chi connectivity index (χ3v) is 2.70. The van der Waals surface area contributed by atoms with E-state index in [1.54, 1.807) is 24.4 Å². The van der Waals surface area contributed by atoms with Crippen molar-refractivity contribution in [2.75, 3.05) is 5.73 Å². The molecule has 3 nitrogen and oxygen atoms in total. The van der Waals surface area contributed by atoms with Crippen LogP contribution in [0.5, 0.6) is 0 Å². The number of nitrogens with zero attached hydrogens (tertiary/aromatic N) is 1. The molecule has 0 spiro atoms. The van der Waals surface area contributed by atoms with Crippen LogP contribution in [-0.4, -0.2) is 10.1 Å². The van der Waals surface area contributed by atoms with Crippen molar-refractivity contribution in [2.24, 2.45) is 0 Å². The molecular formula is C13H13FN2O. The Labute approximate surface area is 98.7 Å². The number of nitrogen functional groups attached to an aromatic ring is 1. The number of aryl methyl sites for hydroxylation is 1. The first-order valence-corrected chi connectivity index (χ1v) is 5.24. The Balaban J connectivity index is 2.47. The van der Waals surface area contributed by atoms with E-state index in [0.717, 1.165) is 5.56 Å². The van der Waals surface area contributed by atoms with Crippen LogP contribution in [-0.2, 0) is 0 Å². The van der Waals surface area contributed by atoms with E-state index in [-0.39, 0.29) is 11.6 Å². The monoisotopic (exact) mass is 232 g/mol. The summed E-state index contributed by atoms with van der Waals surface area (Å²) in [6.07, 6.45) is 0.587. The molecule has 1 aromatic carbocycles. The smallest absolute Gasteiger partial charge is 0.129 e. The molecule has 0 saturated carbocycles. The van der Waals surface area contributed by atoms with E-state index in [0.29, 0.717) is 11.1 Å². The molecule has 3 N–H and O–H groups in total. The molecule has 1 unspecified atom stereocenters. The Morgan fingerprint density at radius 3 is 2.76 bits per heavy atom. The van der Waals surface area contributed by atoms with Gasteiger partial charge < -0.3 is 10.8 Å². The van der Waals surface area contributed by atoms with Gasteiger partial charge in [-0.25, -0.2) is 9.37 Å². The first-order chi connectivity index (χ1) is 8.09. The zero-order valence-corrected chi connectivity index (χ0v) is 9.39. The van der Waals surface area contributed by atoms with Crippen LogP contribution in [0.25, 0.3) is 0 Å². The van der Waals surface area contributed by atoms with Gasteiger partial charge in [-0.15, -0.1) is 0 Å². The number of halogens is 1. The van der Waals surface area contributed by atoms with Crippen LogP contribution in [0, 0.1) is 12.7 Å². The lowest BCUT2D eigenvalue weighted by Gasteiger charge is -2.15. The van der Waals surface area contributed by atoms with Gasteiger partial charge in [-0.05, 0) is 36.2 Å². The number of hydrogen-bond donors (Lipinski definition) is 2. The molecule has 0 saturated heterocycles. The zero-order chi connectivity index (χ0) is 12.4. The minimum Gasteiger partial charge on any atom is -0.384 e. The maximum atomic E-state index is 13.2. The molecule has 4 heteroatoms. The molecule has 0 amide bonds. The van der Waals surface area contributed by atoms with Crippen LogP contribution in [0.15, 0.2) is 36.5 Å². The molecule has 2 aromatic rings. The summed E-state index contributed by atoms with van der Waals surface area (Å²) in [5, 5.41) is 10.2. The Morgan fingerprint density at radius 1 is 1.29 bits per heavy atom. The first-order valence-electron chi connectivity index (χ1n) is 5.24. The fourth-order valence-corrected chi connectivity index (χ4v) is 1.73. The molecule has 0 radical (unpaired) electrons. The van der Waals surface area contributed by atoms with Crippen LogP contribution >= 0.6 is 0 Å². The summed E-state index contributed by atoms with van der Waals surface area (Å²) in [7, 11) is 0. The van der Waals surface area contributed by atoms with Gasteiger partial charge in [0.15, 0.2) is 0 Å². The van der Waals surface area contributed by atoms with Crippen molar-refractivity contribution in [3.63, 3.8) is 0 Å². The molecule has 0 fully saturated rings. The highest BCUT2D eigenvalue weighted by atomic mass is 19.1. The predicted molar refractivity (Wildman–Crippen MR) is 63.8 cm³/mol. The van der Waals surface area contributed by atoms with Gasteiger partial charge in [0, 0.05) is 11.8 Å². The number of benzene rings is 1. The van der Waals surface area contributed by atoms with Crippen LogP contribution in [0.4, 0.5) is 10.2 Å². The van der Waals surface area contributed by atoms with Gasteiger partial charge in [0.1, 0.15) is 17.7 Å². The van der Waals surface area contributed by atoms with E-state index < -0.39 is 6.10 Å². The van der Waals surface area contributed by atoms with Crippen LogP contribution in [0.2, 0.25) is 0 Å². The molecule has 2 rings (SSSR count). The highest BCUT2D eigenvalue weighted by Crippen LogP contribution is 2.27. The number of pyridine rings is 1. The molecule has 17 heavy (non-hydrogen) atoms. The van der Waals surface area contributed by atoms with Gasteiger partial charge in [0.05, 0.1) is 0 Å². The van der Waals surface area contributed by atoms with E-state index >= 15 is 0 Å². The molecule has 0 aliphatic rings. The van der Waals surface area contributed by atoms with Crippen molar-refractivity contribution >= 4 is 5.82 Å². The number of aliphatic hydroxyl groups is 1. The Bertz CT molecular complexity index is 543. The molecule has 0 aliphatic carbocycles.